The molecule has 0 aliphatic rings. The van der Waals surface area contributed by atoms with Crippen LogP contribution in [0.25, 0.3) is 0 Å². The second-order valence-corrected chi connectivity index (χ2v) is 4.22. The van der Waals surface area contributed by atoms with Crippen molar-refractivity contribution in [2.24, 2.45) is 0 Å². The van der Waals surface area contributed by atoms with Gasteiger partial charge in [-0.15, -0.1) is 0 Å². The summed E-state index contributed by atoms with van der Waals surface area (Å²) in [7, 11) is 0. The van der Waals surface area contributed by atoms with Crippen molar-refractivity contribution >= 4 is 5.91 Å². The number of carbonyl (C=O) groups is 1. The number of rotatable bonds is 8. The Morgan fingerprint density at radius 3 is 2.33 bits per heavy atom. The smallest absolute Gasteiger partial charge is 0.240 e. The van der Waals surface area contributed by atoms with Crippen LogP contribution in [-0.4, -0.2) is 24.5 Å². The van der Waals surface area contributed by atoms with E-state index in [1.54, 1.807) is 0 Å². The zero-order valence-corrected chi connectivity index (χ0v) is 10.7. The zero-order valence-electron chi connectivity index (χ0n) is 10.7. The third kappa shape index (κ3) is 5.17. The highest BCUT2D eigenvalue weighted by Gasteiger charge is 2.30. The third-order valence-corrected chi connectivity index (χ3v) is 2.63. The SMILES string of the molecule is CCCCC(C)(NCCC)C(=O)NCC. The van der Waals surface area contributed by atoms with Crippen LogP contribution in [0.15, 0.2) is 0 Å². The highest BCUT2D eigenvalue weighted by Crippen LogP contribution is 2.14. The van der Waals surface area contributed by atoms with Crippen LogP contribution in [0.5, 0.6) is 0 Å². The first-order valence-corrected chi connectivity index (χ1v) is 6.14. The molecule has 0 saturated heterocycles. The molecule has 0 aliphatic carbocycles. The lowest BCUT2D eigenvalue weighted by Gasteiger charge is -2.29. The van der Waals surface area contributed by atoms with Crippen LogP contribution >= 0.6 is 0 Å². The summed E-state index contributed by atoms with van der Waals surface area (Å²) in [5.74, 6) is 0.131. The van der Waals surface area contributed by atoms with E-state index in [0.717, 1.165) is 32.2 Å². The molecule has 0 saturated carbocycles. The topological polar surface area (TPSA) is 41.1 Å². The molecule has 0 spiro atoms. The predicted octanol–water partition coefficient (Wildman–Crippen LogP) is 2.07. The molecule has 15 heavy (non-hydrogen) atoms. The Bertz CT molecular complexity index is 172. The first-order chi connectivity index (χ1) is 7.10. The summed E-state index contributed by atoms with van der Waals surface area (Å²) in [4.78, 5) is 11.9. The molecule has 0 heterocycles. The fourth-order valence-electron chi connectivity index (χ4n) is 1.57. The molecule has 0 bridgehead atoms. The van der Waals surface area contributed by atoms with Gasteiger partial charge in [0.2, 0.25) is 5.91 Å². The van der Waals surface area contributed by atoms with Gasteiger partial charge in [-0.25, -0.2) is 0 Å². The van der Waals surface area contributed by atoms with Gasteiger partial charge >= 0.3 is 0 Å². The number of nitrogens with one attached hydrogen (secondary N) is 2. The van der Waals surface area contributed by atoms with Crippen LogP contribution in [0.2, 0.25) is 0 Å². The van der Waals surface area contributed by atoms with E-state index in [2.05, 4.69) is 24.5 Å². The highest BCUT2D eigenvalue weighted by atomic mass is 16.2. The fourth-order valence-corrected chi connectivity index (χ4v) is 1.57. The second-order valence-electron chi connectivity index (χ2n) is 4.22. The summed E-state index contributed by atoms with van der Waals surface area (Å²) < 4.78 is 0. The molecule has 0 aliphatic heterocycles. The highest BCUT2D eigenvalue weighted by molar-refractivity contribution is 5.85. The maximum absolute atomic E-state index is 11.9. The normalized spacial score (nSPS) is 14.7. The summed E-state index contributed by atoms with van der Waals surface area (Å²) >= 11 is 0. The Morgan fingerprint density at radius 2 is 1.87 bits per heavy atom. The molecule has 3 nitrogen and oxygen atoms in total. The van der Waals surface area contributed by atoms with E-state index in [-0.39, 0.29) is 11.4 Å². The van der Waals surface area contributed by atoms with Gasteiger partial charge in [0, 0.05) is 6.54 Å². The fraction of sp³-hybridized carbons (Fsp3) is 0.917. The van der Waals surface area contributed by atoms with Gasteiger partial charge in [-0.2, -0.15) is 0 Å². The summed E-state index contributed by atoms with van der Waals surface area (Å²) in [5, 5.41) is 6.26. The summed E-state index contributed by atoms with van der Waals surface area (Å²) in [6.45, 7) is 9.83. The molecule has 0 aromatic rings. The van der Waals surface area contributed by atoms with E-state index >= 15 is 0 Å². The number of hydrogen-bond acceptors (Lipinski definition) is 2. The molecule has 1 atom stereocenters. The molecule has 0 fully saturated rings. The molecular weight excluding hydrogens is 188 g/mol. The Balaban J connectivity index is 4.30. The lowest BCUT2D eigenvalue weighted by molar-refractivity contribution is -0.127. The maximum atomic E-state index is 11.9. The van der Waals surface area contributed by atoms with Crippen LogP contribution in [0.3, 0.4) is 0 Å². The molecule has 2 N–H and O–H groups in total. The molecular formula is C12H26N2O. The summed E-state index contributed by atoms with van der Waals surface area (Å²) in [5.41, 5.74) is -0.387. The number of carbonyl (C=O) groups excluding carboxylic acids is 1. The second kappa shape index (κ2) is 7.69. The molecule has 3 heteroatoms. The first-order valence-electron chi connectivity index (χ1n) is 6.14. The largest absolute Gasteiger partial charge is 0.355 e. The van der Waals surface area contributed by atoms with Crippen molar-refractivity contribution in [2.75, 3.05) is 13.1 Å². The lowest BCUT2D eigenvalue weighted by Crippen LogP contribution is -2.55. The molecule has 0 rings (SSSR count). The van der Waals surface area contributed by atoms with E-state index in [0.29, 0.717) is 6.54 Å². The summed E-state index contributed by atoms with van der Waals surface area (Å²) in [6, 6.07) is 0. The van der Waals surface area contributed by atoms with Crippen LogP contribution < -0.4 is 10.6 Å². The van der Waals surface area contributed by atoms with Crippen LogP contribution in [0.4, 0.5) is 0 Å². The van der Waals surface area contributed by atoms with E-state index in [9.17, 15) is 4.79 Å². The van der Waals surface area contributed by atoms with Crippen LogP contribution in [-0.2, 0) is 4.79 Å². The summed E-state index contributed by atoms with van der Waals surface area (Å²) in [6.07, 6.45) is 4.18. The monoisotopic (exact) mass is 214 g/mol. The van der Waals surface area contributed by atoms with E-state index < -0.39 is 0 Å². The van der Waals surface area contributed by atoms with Crippen LogP contribution in [0.1, 0.15) is 53.4 Å². The minimum Gasteiger partial charge on any atom is -0.355 e. The van der Waals surface area contributed by atoms with Gasteiger partial charge in [-0.05, 0) is 33.2 Å². The molecule has 0 aromatic carbocycles. The number of amides is 1. The van der Waals surface area contributed by atoms with Crippen molar-refractivity contribution in [3.05, 3.63) is 0 Å². The first kappa shape index (κ1) is 14.4. The van der Waals surface area contributed by atoms with Crippen molar-refractivity contribution in [2.45, 2.75) is 58.9 Å². The van der Waals surface area contributed by atoms with Crippen molar-refractivity contribution in [3.8, 4) is 0 Å². The van der Waals surface area contributed by atoms with Gasteiger partial charge < -0.3 is 10.6 Å². The van der Waals surface area contributed by atoms with E-state index in [1.807, 2.05) is 13.8 Å². The van der Waals surface area contributed by atoms with Gasteiger partial charge in [-0.1, -0.05) is 26.7 Å². The average Bonchev–Trinajstić information content (AvgIpc) is 2.24. The quantitative estimate of drug-likeness (QED) is 0.649. The standard InChI is InChI=1S/C12H26N2O/c1-5-8-9-12(4,14-10-6-2)11(15)13-7-3/h14H,5-10H2,1-4H3,(H,13,15). The van der Waals surface area contributed by atoms with Gasteiger partial charge in [-0.3, -0.25) is 4.79 Å². The molecule has 0 aromatic heterocycles. The molecule has 1 unspecified atom stereocenters. The molecule has 0 radical (unpaired) electrons. The van der Waals surface area contributed by atoms with Crippen molar-refractivity contribution in [1.29, 1.82) is 0 Å². The van der Waals surface area contributed by atoms with Crippen molar-refractivity contribution < 1.29 is 4.79 Å². The van der Waals surface area contributed by atoms with Crippen molar-refractivity contribution in [3.63, 3.8) is 0 Å². The molecule has 1 amide bonds. The van der Waals surface area contributed by atoms with Gasteiger partial charge in [0.15, 0.2) is 0 Å². The predicted molar refractivity (Wildman–Crippen MR) is 64.9 cm³/mol. The number of hydrogen-bond donors (Lipinski definition) is 2. The maximum Gasteiger partial charge on any atom is 0.240 e. The Kier molecular flexibility index (Phi) is 7.39. The number of likely N-dealkylation sites (N-methyl/N-ethyl adjacent to an activating group) is 1. The van der Waals surface area contributed by atoms with Crippen LogP contribution in [0, 0.1) is 0 Å². The Hall–Kier alpha value is -0.570. The Morgan fingerprint density at radius 1 is 1.20 bits per heavy atom. The van der Waals surface area contributed by atoms with Gasteiger partial charge in [0.05, 0.1) is 5.54 Å². The third-order valence-electron chi connectivity index (χ3n) is 2.63. The molecule has 90 valence electrons. The lowest BCUT2D eigenvalue weighted by atomic mass is 9.93. The van der Waals surface area contributed by atoms with E-state index in [1.165, 1.54) is 0 Å². The van der Waals surface area contributed by atoms with E-state index in [4.69, 9.17) is 0 Å². The zero-order chi connectivity index (χ0) is 11.7. The Labute approximate surface area is 94.0 Å². The van der Waals surface area contributed by atoms with Crippen molar-refractivity contribution in [1.82, 2.24) is 10.6 Å². The average molecular weight is 214 g/mol. The van der Waals surface area contributed by atoms with Gasteiger partial charge in [0.1, 0.15) is 0 Å². The minimum atomic E-state index is -0.387. The minimum absolute atomic E-state index is 0.131. The number of unbranched alkanes of at least 4 members (excludes halogenated alkanes) is 1. The van der Waals surface area contributed by atoms with Gasteiger partial charge in [0.25, 0.3) is 0 Å².